The molecule has 4 aliphatic rings. The molecule has 0 radical (unpaired) electrons. The van der Waals surface area contributed by atoms with Crippen molar-refractivity contribution in [3.05, 3.63) is 60.2 Å². The van der Waals surface area contributed by atoms with Crippen molar-refractivity contribution >= 4 is 11.6 Å². The van der Waals surface area contributed by atoms with Crippen molar-refractivity contribution < 1.29 is 9.36 Å². The normalized spacial score (nSPS) is 34.2. The third-order valence-electron chi connectivity index (χ3n) is 8.07. The lowest BCUT2D eigenvalue weighted by atomic mass is 9.69. The Balaban J connectivity index is 1.43. The monoisotopic (exact) mass is 377 g/mol. The van der Waals surface area contributed by atoms with E-state index in [9.17, 15) is 4.79 Å². The molecule has 2 aliphatic carbocycles. The zero-order valence-electron chi connectivity index (χ0n) is 16.8. The van der Waals surface area contributed by atoms with Gasteiger partial charge in [-0.15, -0.1) is 0 Å². The van der Waals surface area contributed by atoms with Gasteiger partial charge in [0.15, 0.2) is 6.20 Å². The highest BCUT2D eigenvalue weighted by Gasteiger charge is 2.62. The van der Waals surface area contributed by atoms with Gasteiger partial charge < -0.3 is 16.0 Å². The maximum absolute atomic E-state index is 13.4. The highest BCUT2D eigenvalue weighted by Crippen LogP contribution is 2.65. The van der Waals surface area contributed by atoms with Gasteiger partial charge in [-0.2, -0.15) is 4.57 Å². The zero-order chi connectivity index (χ0) is 19.5. The Morgan fingerprint density at radius 2 is 2.00 bits per heavy atom. The maximum Gasteiger partial charge on any atom is 0.311 e. The molecule has 1 aromatic heterocycles. The van der Waals surface area contributed by atoms with Crippen LogP contribution in [0.25, 0.3) is 5.70 Å². The first-order valence-corrected chi connectivity index (χ1v) is 10.3. The molecule has 2 bridgehead atoms. The molecule has 0 aromatic carbocycles. The molecule has 2 aliphatic heterocycles. The van der Waals surface area contributed by atoms with Gasteiger partial charge in [-0.3, -0.25) is 4.79 Å². The molecule has 2 saturated carbocycles. The topological polar surface area (TPSA) is 57.0 Å². The highest BCUT2D eigenvalue weighted by molar-refractivity contribution is 5.83. The van der Waals surface area contributed by atoms with Gasteiger partial charge in [-0.1, -0.05) is 20.8 Å². The van der Waals surface area contributed by atoms with Gasteiger partial charge in [0.2, 0.25) is 5.69 Å². The Bertz CT molecular complexity index is 914. The van der Waals surface area contributed by atoms with E-state index in [1.54, 1.807) is 0 Å². The molecule has 0 spiro atoms. The molecular weight excluding hydrogens is 348 g/mol. The minimum absolute atomic E-state index is 0.0597. The molecule has 2 unspecified atom stereocenters. The molecule has 1 aromatic rings. The first-order valence-electron chi connectivity index (χ1n) is 10.3. The number of aromatic nitrogens is 1. The van der Waals surface area contributed by atoms with E-state index in [4.69, 9.17) is 0 Å². The van der Waals surface area contributed by atoms with Crippen LogP contribution < -0.4 is 20.5 Å². The second-order valence-corrected chi connectivity index (χ2v) is 9.38. The third kappa shape index (κ3) is 2.31. The Kier molecular flexibility index (Phi) is 3.74. The number of carbonyl (C=O) groups is 1. The van der Waals surface area contributed by atoms with Crippen LogP contribution in [0.1, 0.15) is 51.9 Å². The fourth-order valence-corrected chi connectivity index (χ4v) is 5.82. The van der Waals surface area contributed by atoms with Crippen molar-refractivity contribution in [2.75, 3.05) is 0 Å². The number of hydrogen-bond acceptors (Lipinski definition) is 3. The summed E-state index contributed by atoms with van der Waals surface area (Å²) in [6.45, 7) is 7.13. The molecule has 5 heteroatoms. The average Bonchev–Trinajstić information content (AvgIpc) is 3.25. The van der Waals surface area contributed by atoms with Crippen LogP contribution in [-0.4, -0.2) is 11.9 Å². The predicted molar refractivity (Wildman–Crippen MR) is 108 cm³/mol. The summed E-state index contributed by atoms with van der Waals surface area (Å²) in [5, 5.41) is 9.96. The number of nitrogens with zero attached hydrogens (tertiary/aromatic N) is 1. The summed E-state index contributed by atoms with van der Waals surface area (Å²) in [5.41, 5.74) is 3.57. The van der Waals surface area contributed by atoms with Gasteiger partial charge in [0, 0.05) is 36.1 Å². The van der Waals surface area contributed by atoms with Crippen molar-refractivity contribution in [1.82, 2.24) is 16.0 Å². The third-order valence-corrected chi connectivity index (χ3v) is 8.07. The van der Waals surface area contributed by atoms with Crippen molar-refractivity contribution in [3.63, 3.8) is 0 Å². The van der Waals surface area contributed by atoms with Gasteiger partial charge >= 0.3 is 12.1 Å². The lowest BCUT2D eigenvalue weighted by Crippen LogP contribution is -2.55. The number of amides is 1. The summed E-state index contributed by atoms with van der Waals surface area (Å²) in [7, 11) is 0. The predicted octanol–water partition coefficient (Wildman–Crippen LogP) is 2.75. The largest absolute Gasteiger partial charge is 0.368 e. The SMILES string of the molecule is CC1(C)C2CC[C@@]1(C)[C@@H](NC(=O)C1NC(=C3C=CNC=C3)c3cccc[n+]31)C2. The molecule has 1 amide bonds. The number of pyridine rings is 1. The number of allylic oxidation sites excluding steroid dienone is 3. The summed E-state index contributed by atoms with van der Waals surface area (Å²) < 4.78 is 2.04. The van der Waals surface area contributed by atoms with Crippen molar-refractivity contribution in [2.45, 2.75) is 52.2 Å². The van der Waals surface area contributed by atoms with Crippen LogP contribution in [-0.2, 0) is 4.79 Å². The lowest BCUT2D eigenvalue weighted by Gasteiger charge is -2.39. The summed E-state index contributed by atoms with van der Waals surface area (Å²) in [6.07, 6.45) is 13.0. The van der Waals surface area contributed by atoms with Crippen LogP contribution in [0.3, 0.4) is 0 Å². The summed E-state index contributed by atoms with van der Waals surface area (Å²) in [6, 6.07) is 6.31. The number of nitrogens with one attached hydrogen (secondary N) is 3. The standard InChI is InChI=1S/C23H28N4O/c1-22(2)16-7-10-23(22,3)18(14-16)25-21(28)20-26-19(15-8-11-24-12-9-15)17-6-4-5-13-27(17)20/h4-6,8-9,11-13,16,18,20,26H,7,10,14H2,1-3H3,(H,25,28)/p+1/t16?,18-,20?,23-/m0/s1. The van der Waals surface area contributed by atoms with E-state index >= 15 is 0 Å². The van der Waals surface area contributed by atoms with Crippen LogP contribution in [0.5, 0.6) is 0 Å². The van der Waals surface area contributed by atoms with Crippen molar-refractivity contribution in [2.24, 2.45) is 16.7 Å². The molecule has 3 heterocycles. The van der Waals surface area contributed by atoms with E-state index < -0.39 is 6.17 Å². The molecular formula is C23H29N4O+. The molecule has 4 atom stereocenters. The molecule has 5 nitrogen and oxygen atoms in total. The second kappa shape index (κ2) is 5.97. The van der Waals surface area contributed by atoms with Crippen LogP contribution >= 0.6 is 0 Å². The minimum atomic E-state index is -0.416. The Morgan fingerprint density at radius 1 is 1.21 bits per heavy atom. The van der Waals surface area contributed by atoms with E-state index in [0.717, 1.165) is 23.4 Å². The van der Waals surface area contributed by atoms with Crippen molar-refractivity contribution in [3.8, 4) is 0 Å². The Morgan fingerprint density at radius 3 is 2.68 bits per heavy atom. The molecule has 0 saturated heterocycles. The fraction of sp³-hybridized carbons (Fsp3) is 0.478. The second-order valence-electron chi connectivity index (χ2n) is 9.38. The zero-order valence-corrected chi connectivity index (χ0v) is 16.8. The first-order chi connectivity index (χ1) is 13.4. The minimum Gasteiger partial charge on any atom is -0.368 e. The van der Waals surface area contributed by atoms with Gasteiger partial charge in [0.1, 0.15) is 5.70 Å². The molecule has 2 fully saturated rings. The molecule has 3 N–H and O–H groups in total. The summed E-state index contributed by atoms with van der Waals surface area (Å²) in [5.74, 6) is 0.770. The average molecular weight is 378 g/mol. The number of carbonyl (C=O) groups excluding carboxylic acids is 1. The van der Waals surface area contributed by atoms with Gasteiger partial charge in [0.05, 0.1) is 0 Å². The van der Waals surface area contributed by atoms with Gasteiger partial charge in [-0.25, -0.2) is 0 Å². The highest BCUT2D eigenvalue weighted by atomic mass is 16.2. The fourth-order valence-electron chi connectivity index (χ4n) is 5.82. The maximum atomic E-state index is 13.4. The summed E-state index contributed by atoms with van der Waals surface area (Å²) in [4.78, 5) is 13.4. The Hall–Kier alpha value is -2.56. The molecule has 146 valence electrons. The number of hydrogen-bond donors (Lipinski definition) is 3. The molecule has 5 rings (SSSR count). The first kappa shape index (κ1) is 17.5. The smallest absolute Gasteiger partial charge is 0.311 e. The van der Waals surface area contributed by atoms with E-state index in [1.807, 2.05) is 47.4 Å². The molecule has 28 heavy (non-hydrogen) atoms. The van der Waals surface area contributed by atoms with Crippen molar-refractivity contribution in [1.29, 1.82) is 0 Å². The van der Waals surface area contributed by atoms with E-state index in [1.165, 1.54) is 12.8 Å². The van der Waals surface area contributed by atoms with Gasteiger partial charge in [-0.05, 0) is 54.2 Å². The summed E-state index contributed by atoms with van der Waals surface area (Å²) >= 11 is 0. The van der Waals surface area contributed by atoms with Crippen LogP contribution in [0, 0.1) is 16.7 Å². The van der Waals surface area contributed by atoms with Crippen LogP contribution in [0.2, 0.25) is 0 Å². The van der Waals surface area contributed by atoms with Crippen LogP contribution in [0.15, 0.2) is 54.5 Å². The lowest BCUT2D eigenvalue weighted by molar-refractivity contribution is -0.705. The number of dihydropyridines is 1. The van der Waals surface area contributed by atoms with E-state index in [0.29, 0.717) is 5.92 Å². The van der Waals surface area contributed by atoms with Gasteiger partial charge in [0.25, 0.3) is 0 Å². The quantitative estimate of drug-likeness (QED) is 0.695. The Labute approximate surface area is 166 Å². The number of rotatable bonds is 2. The number of fused-ring (bicyclic) bond motifs is 3. The van der Waals surface area contributed by atoms with E-state index in [-0.39, 0.29) is 22.8 Å². The van der Waals surface area contributed by atoms with E-state index in [2.05, 4.69) is 42.8 Å². The van der Waals surface area contributed by atoms with Crippen LogP contribution in [0.4, 0.5) is 0 Å².